The number of aromatic nitrogens is 2. The number of aliphatic carboxylic acids is 1. The Kier molecular flexibility index (Phi) is 2.90. The Morgan fingerprint density at radius 3 is 2.61 bits per heavy atom. The van der Waals surface area contributed by atoms with E-state index in [4.69, 9.17) is 9.52 Å². The lowest BCUT2D eigenvalue weighted by atomic mass is 9.92. The van der Waals surface area contributed by atoms with Crippen molar-refractivity contribution in [2.45, 2.75) is 26.2 Å². The first-order valence-corrected chi connectivity index (χ1v) is 5.55. The number of carbonyl (C=O) groups is 1. The smallest absolute Gasteiger partial charge is 0.316 e. The van der Waals surface area contributed by atoms with E-state index < -0.39 is 11.4 Å². The Morgan fingerprint density at radius 1 is 1.33 bits per heavy atom. The molecule has 1 N–H and O–H groups in total. The molecular weight excluding hydrogens is 232 g/mol. The summed E-state index contributed by atoms with van der Waals surface area (Å²) in [6, 6.07) is 5.33. The van der Waals surface area contributed by atoms with Crippen molar-refractivity contribution in [1.29, 1.82) is 0 Å². The molecule has 2 aromatic rings. The number of rotatable bonds is 3. The molecule has 0 aliphatic carbocycles. The third-order valence-corrected chi connectivity index (χ3v) is 2.74. The Labute approximate surface area is 105 Å². The topological polar surface area (TPSA) is 76.2 Å². The van der Waals surface area contributed by atoms with Gasteiger partial charge in [-0.15, -0.1) is 0 Å². The van der Waals surface area contributed by atoms with Crippen molar-refractivity contribution >= 4 is 5.97 Å². The standard InChI is InChI=1S/C13H14N2O3/c1-8-4-5-10(18-8)9-6-7-14-11(15-9)13(2,3)12(16)17/h4-7H,1-3H3,(H,16,17). The molecule has 0 aliphatic heterocycles. The SMILES string of the molecule is Cc1ccc(-c2ccnc(C(C)(C)C(=O)O)n2)o1. The van der Waals surface area contributed by atoms with Crippen LogP contribution in [0.25, 0.3) is 11.5 Å². The summed E-state index contributed by atoms with van der Waals surface area (Å²) in [4.78, 5) is 19.5. The van der Waals surface area contributed by atoms with E-state index in [9.17, 15) is 4.79 Å². The summed E-state index contributed by atoms with van der Waals surface area (Å²) in [5, 5.41) is 9.16. The number of aryl methyl sites for hydroxylation is 1. The number of furan rings is 1. The minimum atomic E-state index is -1.13. The normalized spacial score (nSPS) is 11.5. The highest BCUT2D eigenvalue weighted by atomic mass is 16.4. The summed E-state index contributed by atoms with van der Waals surface area (Å²) in [6.45, 7) is 4.98. The number of hydrogen-bond donors (Lipinski definition) is 1. The number of carboxylic acids is 1. The van der Waals surface area contributed by atoms with Gasteiger partial charge in [0, 0.05) is 6.20 Å². The van der Waals surface area contributed by atoms with Crippen LogP contribution in [0.1, 0.15) is 25.4 Å². The number of nitrogens with zero attached hydrogens (tertiary/aromatic N) is 2. The Morgan fingerprint density at radius 2 is 2.06 bits per heavy atom. The van der Waals surface area contributed by atoms with Gasteiger partial charge in [-0.1, -0.05) is 0 Å². The van der Waals surface area contributed by atoms with Crippen LogP contribution in [0.3, 0.4) is 0 Å². The highest BCUT2D eigenvalue weighted by Crippen LogP contribution is 2.24. The molecule has 2 rings (SSSR count). The van der Waals surface area contributed by atoms with Crippen molar-refractivity contribution in [2.75, 3.05) is 0 Å². The first-order chi connectivity index (χ1) is 8.41. The Bertz CT molecular complexity index is 587. The predicted molar refractivity (Wildman–Crippen MR) is 65.1 cm³/mol. The molecule has 2 heterocycles. The summed E-state index contributed by atoms with van der Waals surface area (Å²) in [5.41, 5.74) is -0.542. The van der Waals surface area contributed by atoms with Gasteiger partial charge < -0.3 is 9.52 Å². The monoisotopic (exact) mass is 246 g/mol. The lowest BCUT2D eigenvalue weighted by Crippen LogP contribution is -2.30. The molecule has 0 atom stereocenters. The molecule has 5 heteroatoms. The van der Waals surface area contributed by atoms with Crippen LogP contribution in [0.2, 0.25) is 0 Å². The van der Waals surface area contributed by atoms with Crippen LogP contribution in [0.5, 0.6) is 0 Å². The minimum absolute atomic E-state index is 0.265. The molecule has 0 aliphatic rings. The Balaban J connectivity index is 2.46. The van der Waals surface area contributed by atoms with Gasteiger partial charge in [0.25, 0.3) is 0 Å². The van der Waals surface area contributed by atoms with Crippen LogP contribution in [0, 0.1) is 6.92 Å². The lowest BCUT2D eigenvalue weighted by Gasteiger charge is -2.17. The summed E-state index contributed by atoms with van der Waals surface area (Å²) < 4.78 is 5.46. The third kappa shape index (κ3) is 2.11. The van der Waals surface area contributed by atoms with E-state index in [0.29, 0.717) is 11.5 Å². The first kappa shape index (κ1) is 12.3. The summed E-state index contributed by atoms with van der Waals surface area (Å²) in [7, 11) is 0. The lowest BCUT2D eigenvalue weighted by molar-refractivity contribution is -0.142. The molecule has 0 spiro atoms. The van der Waals surface area contributed by atoms with Crippen molar-refractivity contribution < 1.29 is 14.3 Å². The van der Waals surface area contributed by atoms with Crippen molar-refractivity contribution in [3.05, 3.63) is 36.0 Å². The number of hydrogen-bond acceptors (Lipinski definition) is 4. The molecule has 94 valence electrons. The fourth-order valence-electron chi connectivity index (χ4n) is 1.46. The van der Waals surface area contributed by atoms with Gasteiger partial charge in [-0.2, -0.15) is 0 Å². The van der Waals surface area contributed by atoms with Gasteiger partial charge in [0.15, 0.2) is 5.76 Å². The molecule has 0 aromatic carbocycles. The number of carboxylic acid groups (broad SMARTS) is 1. The van der Waals surface area contributed by atoms with Gasteiger partial charge in [0.2, 0.25) is 0 Å². The fraction of sp³-hybridized carbons (Fsp3) is 0.308. The van der Waals surface area contributed by atoms with Crippen LogP contribution in [-0.4, -0.2) is 21.0 Å². The van der Waals surface area contributed by atoms with E-state index in [1.807, 2.05) is 13.0 Å². The van der Waals surface area contributed by atoms with Gasteiger partial charge in [-0.3, -0.25) is 4.79 Å². The van der Waals surface area contributed by atoms with Gasteiger partial charge >= 0.3 is 5.97 Å². The van der Waals surface area contributed by atoms with E-state index >= 15 is 0 Å². The van der Waals surface area contributed by atoms with Gasteiger partial charge in [-0.25, -0.2) is 9.97 Å². The molecule has 0 amide bonds. The van der Waals surface area contributed by atoms with E-state index in [-0.39, 0.29) is 5.82 Å². The quantitative estimate of drug-likeness (QED) is 0.899. The second-order valence-electron chi connectivity index (χ2n) is 4.61. The molecule has 5 nitrogen and oxygen atoms in total. The zero-order chi connectivity index (χ0) is 13.3. The fourth-order valence-corrected chi connectivity index (χ4v) is 1.46. The highest BCUT2D eigenvalue weighted by molar-refractivity contribution is 5.79. The molecule has 0 saturated heterocycles. The zero-order valence-electron chi connectivity index (χ0n) is 10.5. The molecule has 0 radical (unpaired) electrons. The average molecular weight is 246 g/mol. The maximum atomic E-state index is 11.2. The molecule has 0 saturated carbocycles. The molecule has 2 aromatic heterocycles. The van der Waals surface area contributed by atoms with Crippen molar-refractivity contribution in [2.24, 2.45) is 0 Å². The maximum absolute atomic E-state index is 11.2. The van der Waals surface area contributed by atoms with E-state index in [1.54, 1.807) is 32.2 Å². The van der Waals surface area contributed by atoms with Crippen molar-refractivity contribution in [3.63, 3.8) is 0 Å². The summed E-state index contributed by atoms with van der Waals surface area (Å²) >= 11 is 0. The molecular formula is C13H14N2O3. The van der Waals surface area contributed by atoms with Crippen molar-refractivity contribution in [3.8, 4) is 11.5 Å². The summed E-state index contributed by atoms with van der Waals surface area (Å²) in [6.07, 6.45) is 1.54. The Hall–Kier alpha value is -2.17. The largest absolute Gasteiger partial charge is 0.481 e. The maximum Gasteiger partial charge on any atom is 0.316 e. The second-order valence-corrected chi connectivity index (χ2v) is 4.61. The molecule has 0 fully saturated rings. The van der Waals surface area contributed by atoms with E-state index in [2.05, 4.69) is 9.97 Å². The molecule has 18 heavy (non-hydrogen) atoms. The predicted octanol–water partition coefficient (Wildman–Crippen LogP) is 2.41. The zero-order valence-corrected chi connectivity index (χ0v) is 10.5. The van der Waals surface area contributed by atoms with E-state index in [0.717, 1.165) is 5.76 Å². The summed E-state index contributed by atoms with van der Waals surface area (Å²) in [5.74, 6) is 0.692. The third-order valence-electron chi connectivity index (χ3n) is 2.74. The van der Waals surface area contributed by atoms with Crippen LogP contribution in [-0.2, 0) is 10.2 Å². The van der Waals surface area contributed by atoms with Gasteiger partial charge in [0.05, 0.1) is 0 Å². The minimum Gasteiger partial charge on any atom is -0.481 e. The molecule has 0 bridgehead atoms. The van der Waals surface area contributed by atoms with Crippen LogP contribution >= 0.6 is 0 Å². The van der Waals surface area contributed by atoms with Crippen LogP contribution in [0.4, 0.5) is 0 Å². The van der Waals surface area contributed by atoms with Gasteiger partial charge in [0.1, 0.15) is 22.7 Å². The van der Waals surface area contributed by atoms with E-state index in [1.165, 1.54) is 0 Å². The first-order valence-electron chi connectivity index (χ1n) is 5.55. The highest BCUT2D eigenvalue weighted by Gasteiger charge is 2.33. The second kappa shape index (κ2) is 4.25. The molecule has 0 unspecified atom stereocenters. The van der Waals surface area contributed by atoms with Gasteiger partial charge in [-0.05, 0) is 39.0 Å². The average Bonchev–Trinajstić information content (AvgIpc) is 2.76. The van der Waals surface area contributed by atoms with Crippen LogP contribution in [0.15, 0.2) is 28.8 Å². The van der Waals surface area contributed by atoms with Crippen LogP contribution < -0.4 is 0 Å². The van der Waals surface area contributed by atoms with Crippen molar-refractivity contribution in [1.82, 2.24) is 9.97 Å².